The van der Waals surface area contributed by atoms with Gasteiger partial charge < -0.3 is 14.7 Å². The molecule has 3 atom stereocenters. The summed E-state index contributed by atoms with van der Waals surface area (Å²) in [6.45, 7) is 2.55. The fraction of sp³-hybridized carbons (Fsp3) is 0.355. The zero-order valence-corrected chi connectivity index (χ0v) is 21.2. The summed E-state index contributed by atoms with van der Waals surface area (Å²) in [5, 5.41) is 10.2. The van der Waals surface area contributed by atoms with Crippen molar-refractivity contribution in [2.45, 2.75) is 37.3 Å². The smallest absolute Gasteiger partial charge is 0.227 e. The summed E-state index contributed by atoms with van der Waals surface area (Å²) in [5.41, 5.74) is 4.06. The number of aliphatic hydroxyl groups excluding tert-OH is 1. The highest BCUT2D eigenvalue weighted by atomic mass is 16.5. The summed E-state index contributed by atoms with van der Waals surface area (Å²) in [5.74, 6) is 7.60. The first-order valence-electron chi connectivity index (χ1n) is 13.0. The lowest BCUT2D eigenvalue weighted by atomic mass is 9.74. The third kappa shape index (κ3) is 5.69. The van der Waals surface area contributed by atoms with E-state index in [1.807, 2.05) is 41.3 Å². The van der Waals surface area contributed by atoms with Crippen molar-refractivity contribution in [2.75, 3.05) is 33.4 Å². The van der Waals surface area contributed by atoms with Gasteiger partial charge >= 0.3 is 0 Å². The van der Waals surface area contributed by atoms with E-state index in [9.17, 15) is 9.90 Å². The molecule has 1 amide bonds. The molecule has 190 valence electrons. The van der Waals surface area contributed by atoms with Gasteiger partial charge in [0.25, 0.3) is 0 Å². The average molecular weight is 496 g/mol. The van der Waals surface area contributed by atoms with Crippen molar-refractivity contribution in [3.63, 3.8) is 0 Å². The van der Waals surface area contributed by atoms with Crippen LogP contribution >= 0.6 is 0 Å². The van der Waals surface area contributed by atoms with Crippen molar-refractivity contribution < 1.29 is 14.6 Å². The summed E-state index contributed by atoms with van der Waals surface area (Å²) >= 11 is 0. The SMILES string of the molecule is COc1ccc(C#Cc2ccc([C@@H]3[C@H]4CN(C(=O)Cc5ccncc5)CCCCN4[C@H]3CO)cc2)cc1. The molecule has 5 rings (SSSR count). The van der Waals surface area contributed by atoms with Gasteiger partial charge in [-0.25, -0.2) is 0 Å². The van der Waals surface area contributed by atoms with E-state index in [4.69, 9.17) is 4.74 Å². The molecule has 3 heterocycles. The van der Waals surface area contributed by atoms with Gasteiger partial charge in [0, 0.05) is 54.6 Å². The predicted molar refractivity (Wildman–Crippen MR) is 143 cm³/mol. The molecule has 0 radical (unpaired) electrons. The molecule has 0 aliphatic carbocycles. The van der Waals surface area contributed by atoms with E-state index in [1.165, 1.54) is 5.56 Å². The number of amides is 1. The fourth-order valence-corrected chi connectivity index (χ4v) is 5.56. The third-order valence-electron chi connectivity index (χ3n) is 7.56. The van der Waals surface area contributed by atoms with E-state index in [0.717, 1.165) is 48.4 Å². The van der Waals surface area contributed by atoms with Crippen LogP contribution < -0.4 is 4.74 Å². The Morgan fingerprint density at radius 1 is 0.973 bits per heavy atom. The Kier molecular flexibility index (Phi) is 7.84. The van der Waals surface area contributed by atoms with E-state index in [-0.39, 0.29) is 30.5 Å². The second-order valence-corrected chi connectivity index (χ2v) is 9.76. The van der Waals surface area contributed by atoms with Crippen LogP contribution in [0, 0.1) is 11.8 Å². The number of rotatable bonds is 5. The van der Waals surface area contributed by atoms with E-state index in [0.29, 0.717) is 13.0 Å². The Labute approximate surface area is 218 Å². The Hall–Kier alpha value is -3.66. The molecule has 2 saturated heterocycles. The van der Waals surface area contributed by atoms with Gasteiger partial charge in [-0.3, -0.25) is 14.7 Å². The number of benzene rings is 2. The van der Waals surface area contributed by atoms with Crippen LogP contribution in [0.25, 0.3) is 0 Å². The summed E-state index contributed by atoms with van der Waals surface area (Å²) in [6, 6.07) is 20.2. The molecule has 1 N–H and O–H groups in total. The quantitative estimate of drug-likeness (QED) is 0.549. The zero-order chi connectivity index (χ0) is 25.6. The molecular weight excluding hydrogens is 462 g/mol. The van der Waals surface area contributed by atoms with Crippen LogP contribution in [0.4, 0.5) is 0 Å². The van der Waals surface area contributed by atoms with Crippen LogP contribution in [0.1, 0.15) is 41.0 Å². The summed E-state index contributed by atoms with van der Waals surface area (Å²) in [6.07, 6.45) is 5.87. The number of nitrogens with zero attached hydrogens (tertiary/aromatic N) is 3. The molecular formula is C31H33N3O3. The minimum Gasteiger partial charge on any atom is -0.497 e. The van der Waals surface area contributed by atoms with E-state index >= 15 is 0 Å². The van der Waals surface area contributed by atoms with E-state index in [1.54, 1.807) is 19.5 Å². The molecule has 0 spiro atoms. The fourth-order valence-electron chi connectivity index (χ4n) is 5.56. The van der Waals surface area contributed by atoms with Crippen molar-refractivity contribution in [1.82, 2.24) is 14.8 Å². The molecule has 1 aromatic heterocycles. The van der Waals surface area contributed by atoms with Crippen molar-refractivity contribution in [3.05, 3.63) is 95.3 Å². The zero-order valence-electron chi connectivity index (χ0n) is 21.2. The third-order valence-corrected chi connectivity index (χ3v) is 7.56. The lowest BCUT2D eigenvalue weighted by Crippen LogP contribution is -2.68. The van der Waals surface area contributed by atoms with Crippen LogP contribution in [0.2, 0.25) is 0 Å². The maximum Gasteiger partial charge on any atom is 0.227 e. The Morgan fingerprint density at radius 3 is 2.27 bits per heavy atom. The van der Waals surface area contributed by atoms with Gasteiger partial charge in [0.2, 0.25) is 5.91 Å². The maximum atomic E-state index is 13.2. The number of carbonyl (C=O) groups is 1. The lowest BCUT2D eigenvalue weighted by molar-refractivity contribution is -0.135. The molecule has 2 aliphatic rings. The van der Waals surface area contributed by atoms with Gasteiger partial charge in [0.1, 0.15) is 5.75 Å². The largest absolute Gasteiger partial charge is 0.497 e. The van der Waals surface area contributed by atoms with Gasteiger partial charge in [0.15, 0.2) is 0 Å². The Morgan fingerprint density at radius 2 is 1.62 bits per heavy atom. The molecule has 6 heteroatoms. The standard InChI is InChI=1S/C31H33N3O3/c1-37-27-12-8-24(9-13-27)5-4-23-6-10-26(11-7-23)31-28-21-33(18-2-3-19-34(28)29(31)22-35)30(36)20-25-14-16-32-17-15-25/h6-17,28-29,31,35H,2-3,18-22H2,1H3/t28-,29+,31-/m1/s1. The summed E-state index contributed by atoms with van der Waals surface area (Å²) in [7, 11) is 1.65. The van der Waals surface area contributed by atoms with Crippen molar-refractivity contribution in [1.29, 1.82) is 0 Å². The Balaban J connectivity index is 1.30. The highest BCUT2D eigenvalue weighted by molar-refractivity contribution is 5.78. The number of methoxy groups -OCH3 is 1. The minimum atomic E-state index is 0.0801. The maximum absolute atomic E-state index is 13.2. The van der Waals surface area contributed by atoms with Crippen LogP contribution in [-0.2, 0) is 11.2 Å². The van der Waals surface area contributed by atoms with E-state index in [2.05, 4.69) is 46.0 Å². The molecule has 37 heavy (non-hydrogen) atoms. The van der Waals surface area contributed by atoms with Crippen molar-refractivity contribution in [3.8, 4) is 17.6 Å². The number of aliphatic hydroxyl groups is 1. The number of pyridine rings is 1. The second-order valence-electron chi connectivity index (χ2n) is 9.76. The van der Waals surface area contributed by atoms with Gasteiger partial charge in [-0.05, 0) is 79.0 Å². The number of hydrogen-bond donors (Lipinski definition) is 1. The predicted octanol–water partition coefficient (Wildman–Crippen LogP) is 3.48. The number of ether oxygens (including phenoxy) is 1. The first-order chi connectivity index (χ1) is 18.2. The molecule has 0 unspecified atom stereocenters. The summed E-state index contributed by atoms with van der Waals surface area (Å²) < 4.78 is 5.21. The first kappa shape index (κ1) is 25.0. The molecule has 6 nitrogen and oxygen atoms in total. The highest BCUT2D eigenvalue weighted by Crippen LogP contribution is 2.42. The number of aromatic nitrogens is 1. The molecule has 0 bridgehead atoms. The number of carbonyl (C=O) groups excluding carboxylic acids is 1. The van der Waals surface area contributed by atoms with Gasteiger partial charge in [0.05, 0.1) is 20.1 Å². The van der Waals surface area contributed by atoms with Gasteiger partial charge in [-0.15, -0.1) is 0 Å². The average Bonchev–Trinajstić information content (AvgIpc) is 2.92. The van der Waals surface area contributed by atoms with Crippen LogP contribution in [0.5, 0.6) is 5.75 Å². The Bertz CT molecular complexity index is 1250. The van der Waals surface area contributed by atoms with Crippen LogP contribution in [-0.4, -0.2) is 71.2 Å². The topological polar surface area (TPSA) is 65.9 Å². The van der Waals surface area contributed by atoms with Crippen LogP contribution in [0.15, 0.2) is 73.1 Å². The van der Waals surface area contributed by atoms with Crippen molar-refractivity contribution in [2.24, 2.45) is 0 Å². The van der Waals surface area contributed by atoms with E-state index < -0.39 is 0 Å². The highest BCUT2D eigenvalue weighted by Gasteiger charge is 2.49. The van der Waals surface area contributed by atoms with Crippen LogP contribution in [0.3, 0.4) is 0 Å². The molecule has 2 aromatic carbocycles. The minimum absolute atomic E-state index is 0.0801. The first-order valence-corrected chi connectivity index (χ1v) is 13.0. The molecule has 3 aromatic rings. The normalized spacial score (nSPS) is 21.5. The van der Waals surface area contributed by atoms with Gasteiger partial charge in [-0.1, -0.05) is 24.0 Å². The molecule has 0 saturated carbocycles. The van der Waals surface area contributed by atoms with Gasteiger partial charge in [-0.2, -0.15) is 0 Å². The molecule has 2 aliphatic heterocycles. The summed E-state index contributed by atoms with van der Waals surface area (Å²) in [4.78, 5) is 21.7. The lowest BCUT2D eigenvalue weighted by Gasteiger charge is -2.57. The number of hydrogen-bond acceptors (Lipinski definition) is 5. The second kappa shape index (κ2) is 11.6. The number of fused-ring (bicyclic) bond motifs is 1. The monoisotopic (exact) mass is 495 g/mol. The van der Waals surface area contributed by atoms with Crippen molar-refractivity contribution >= 4 is 5.91 Å². The molecule has 2 fully saturated rings.